The molecule has 1 N–H and O–H groups in total. The van der Waals surface area contributed by atoms with Crippen molar-refractivity contribution in [3.63, 3.8) is 0 Å². The molecule has 1 aromatic heterocycles. The second-order valence-electron chi connectivity index (χ2n) is 3.44. The summed E-state index contributed by atoms with van der Waals surface area (Å²) in [6.07, 6.45) is 0. The Kier molecular flexibility index (Phi) is 3.52. The van der Waals surface area contributed by atoms with Gasteiger partial charge >= 0.3 is 5.97 Å². The largest absolute Gasteiger partial charge is 0.480 e. The maximum Gasteiger partial charge on any atom is 0.329 e. The van der Waals surface area contributed by atoms with Crippen LogP contribution in [0.4, 0.5) is 0 Å². The minimum absolute atomic E-state index is 0.128. The monoisotopic (exact) mass is 233 g/mol. The van der Waals surface area contributed by atoms with Crippen molar-refractivity contribution in [3.8, 4) is 11.3 Å². The molecule has 0 aliphatic rings. The highest BCUT2D eigenvalue weighted by Gasteiger charge is 2.06. The molecule has 2 rings (SSSR count). The minimum Gasteiger partial charge on any atom is -0.480 e. The maximum atomic E-state index is 10.2. The molecule has 0 saturated carbocycles. The molecule has 88 valence electrons. The smallest absolute Gasteiger partial charge is 0.329 e. The van der Waals surface area contributed by atoms with Crippen LogP contribution in [-0.2, 0) is 16.1 Å². The Balaban J connectivity index is 1.99. The number of hydrogen-bond acceptors (Lipinski definition) is 4. The zero-order valence-corrected chi connectivity index (χ0v) is 9.00. The molecule has 1 aromatic carbocycles. The summed E-state index contributed by atoms with van der Waals surface area (Å²) >= 11 is 0. The number of hydrogen-bond donors (Lipinski definition) is 1. The Morgan fingerprint density at radius 2 is 2.12 bits per heavy atom. The molecule has 0 atom stereocenters. The van der Waals surface area contributed by atoms with E-state index in [4.69, 9.17) is 14.4 Å². The summed E-state index contributed by atoms with van der Waals surface area (Å²) in [5.74, 6) is -0.365. The van der Waals surface area contributed by atoms with Crippen LogP contribution in [0.1, 0.15) is 5.69 Å². The normalized spacial score (nSPS) is 10.4. The van der Waals surface area contributed by atoms with Crippen molar-refractivity contribution in [1.29, 1.82) is 0 Å². The van der Waals surface area contributed by atoms with Crippen LogP contribution in [-0.4, -0.2) is 22.8 Å². The van der Waals surface area contributed by atoms with Gasteiger partial charge in [-0.3, -0.25) is 0 Å². The lowest BCUT2D eigenvalue weighted by molar-refractivity contribution is -0.142. The van der Waals surface area contributed by atoms with Crippen molar-refractivity contribution in [2.24, 2.45) is 0 Å². The molecule has 0 aliphatic carbocycles. The van der Waals surface area contributed by atoms with E-state index in [0.717, 1.165) is 5.56 Å². The summed E-state index contributed by atoms with van der Waals surface area (Å²) in [6, 6.07) is 11.3. The molecule has 0 fully saturated rings. The Hall–Kier alpha value is -2.14. The Morgan fingerprint density at radius 3 is 2.82 bits per heavy atom. The zero-order valence-electron chi connectivity index (χ0n) is 9.00. The third kappa shape index (κ3) is 3.15. The second-order valence-corrected chi connectivity index (χ2v) is 3.44. The standard InChI is InChI=1S/C12H11NO4/c14-12(15)8-16-7-10-6-11(17-13-10)9-4-2-1-3-5-9/h1-6H,7-8H2,(H,14,15). The van der Waals surface area contributed by atoms with Gasteiger partial charge in [0, 0.05) is 11.6 Å². The van der Waals surface area contributed by atoms with Crippen molar-refractivity contribution >= 4 is 5.97 Å². The fourth-order valence-electron chi connectivity index (χ4n) is 1.36. The SMILES string of the molecule is O=C(O)COCc1cc(-c2ccccc2)on1. The van der Waals surface area contributed by atoms with Gasteiger partial charge in [-0.25, -0.2) is 4.79 Å². The number of benzene rings is 1. The van der Waals surface area contributed by atoms with Crippen molar-refractivity contribution in [1.82, 2.24) is 5.16 Å². The average Bonchev–Trinajstić information content (AvgIpc) is 2.78. The molecule has 0 bridgehead atoms. The number of aromatic nitrogens is 1. The van der Waals surface area contributed by atoms with E-state index in [2.05, 4.69) is 5.16 Å². The van der Waals surface area contributed by atoms with Gasteiger partial charge in [0.2, 0.25) is 0 Å². The van der Waals surface area contributed by atoms with E-state index in [9.17, 15) is 4.79 Å². The lowest BCUT2D eigenvalue weighted by Gasteiger charge is -1.95. The number of nitrogens with zero attached hydrogens (tertiary/aromatic N) is 1. The van der Waals surface area contributed by atoms with E-state index in [1.165, 1.54) is 0 Å². The molecular formula is C12H11NO4. The molecule has 0 radical (unpaired) electrons. The lowest BCUT2D eigenvalue weighted by atomic mass is 10.2. The van der Waals surface area contributed by atoms with Gasteiger partial charge in [0.05, 0.1) is 6.61 Å². The third-order valence-corrected chi connectivity index (χ3v) is 2.09. The van der Waals surface area contributed by atoms with Crippen molar-refractivity contribution in [2.45, 2.75) is 6.61 Å². The first-order valence-corrected chi connectivity index (χ1v) is 5.06. The van der Waals surface area contributed by atoms with Crippen LogP contribution in [0.25, 0.3) is 11.3 Å². The molecule has 5 heteroatoms. The molecule has 0 saturated heterocycles. The fourth-order valence-corrected chi connectivity index (χ4v) is 1.36. The topological polar surface area (TPSA) is 72.6 Å². The predicted molar refractivity (Wildman–Crippen MR) is 59.2 cm³/mol. The van der Waals surface area contributed by atoms with Gasteiger partial charge in [0.25, 0.3) is 0 Å². The first-order chi connectivity index (χ1) is 8.25. The highest BCUT2D eigenvalue weighted by molar-refractivity contribution is 5.68. The predicted octanol–water partition coefficient (Wildman–Crippen LogP) is 1.94. The van der Waals surface area contributed by atoms with Crippen LogP contribution >= 0.6 is 0 Å². The number of carboxylic acid groups (broad SMARTS) is 1. The van der Waals surface area contributed by atoms with Crippen LogP contribution < -0.4 is 0 Å². The molecule has 0 aliphatic heterocycles. The van der Waals surface area contributed by atoms with Gasteiger partial charge in [-0.05, 0) is 0 Å². The van der Waals surface area contributed by atoms with Gasteiger partial charge in [-0.2, -0.15) is 0 Å². The van der Waals surface area contributed by atoms with Gasteiger partial charge < -0.3 is 14.4 Å². The molecule has 0 amide bonds. The van der Waals surface area contributed by atoms with Crippen molar-refractivity contribution in [3.05, 3.63) is 42.1 Å². The van der Waals surface area contributed by atoms with Gasteiger partial charge in [0.15, 0.2) is 5.76 Å². The summed E-state index contributed by atoms with van der Waals surface area (Å²) in [5.41, 5.74) is 1.49. The molecule has 0 spiro atoms. The molecule has 0 unspecified atom stereocenters. The van der Waals surface area contributed by atoms with E-state index in [-0.39, 0.29) is 13.2 Å². The fraction of sp³-hybridized carbons (Fsp3) is 0.167. The third-order valence-electron chi connectivity index (χ3n) is 2.09. The highest BCUT2D eigenvalue weighted by Crippen LogP contribution is 2.19. The lowest BCUT2D eigenvalue weighted by Crippen LogP contribution is -2.06. The quantitative estimate of drug-likeness (QED) is 0.854. The van der Waals surface area contributed by atoms with Crippen LogP contribution in [0.3, 0.4) is 0 Å². The maximum absolute atomic E-state index is 10.2. The second kappa shape index (κ2) is 5.27. The Bertz CT molecular complexity index is 492. The van der Waals surface area contributed by atoms with Gasteiger partial charge in [-0.1, -0.05) is 35.5 Å². The Morgan fingerprint density at radius 1 is 1.35 bits per heavy atom. The number of rotatable bonds is 5. The van der Waals surface area contributed by atoms with E-state index in [1.807, 2.05) is 30.3 Å². The number of ether oxygens (including phenoxy) is 1. The zero-order chi connectivity index (χ0) is 12.1. The van der Waals surface area contributed by atoms with Crippen LogP contribution in [0.2, 0.25) is 0 Å². The van der Waals surface area contributed by atoms with Crippen LogP contribution in [0.15, 0.2) is 40.9 Å². The van der Waals surface area contributed by atoms with E-state index >= 15 is 0 Å². The number of aliphatic carboxylic acids is 1. The molecule has 17 heavy (non-hydrogen) atoms. The van der Waals surface area contributed by atoms with Crippen LogP contribution in [0, 0.1) is 0 Å². The molecule has 2 aromatic rings. The Labute approximate surface area is 97.6 Å². The van der Waals surface area contributed by atoms with Gasteiger partial charge in [0.1, 0.15) is 12.3 Å². The summed E-state index contributed by atoms with van der Waals surface area (Å²) in [5, 5.41) is 12.2. The minimum atomic E-state index is -1.00. The van der Waals surface area contributed by atoms with Crippen LogP contribution in [0.5, 0.6) is 0 Å². The summed E-state index contributed by atoms with van der Waals surface area (Å²) < 4.78 is 10.0. The summed E-state index contributed by atoms with van der Waals surface area (Å²) in [6.45, 7) is -0.212. The first-order valence-electron chi connectivity index (χ1n) is 5.06. The van der Waals surface area contributed by atoms with E-state index in [1.54, 1.807) is 6.07 Å². The molecule has 1 heterocycles. The molecular weight excluding hydrogens is 222 g/mol. The highest BCUT2D eigenvalue weighted by atomic mass is 16.5. The summed E-state index contributed by atoms with van der Waals surface area (Å²) in [4.78, 5) is 10.2. The number of carboxylic acids is 1. The van der Waals surface area contributed by atoms with Crippen molar-refractivity contribution in [2.75, 3.05) is 6.61 Å². The average molecular weight is 233 g/mol. The van der Waals surface area contributed by atoms with Crippen molar-refractivity contribution < 1.29 is 19.2 Å². The van der Waals surface area contributed by atoms with E-state index < -0.39 is 5.97 Å². The molecule has 5 nitrogen and oxygen atoms in total. The summed E-state index contributed by atoms with van der Waals surface area (Å²) in [7, 11) is 0. The first kappa shape index (κ1) is 11.3. The number of carbonyl (C=O) groups is 1. The van der Waals surface area contributed by atoms with E-state index in [0.29, 0.717) is 11.5 Å². The van der Waals surface area contributed by atoms with Gasteiger partial charge in [-0.15, -0.1) is 0 Å².